The van der Waals surface area contributed by atoms with Crippen LogP contribution in [0.25, 0.3) is 0 Å². The molecule has 2 rings (SSSR count). The molecule has 76 valence electrons. The molecule has 0 radical (unpaired) electrons. The van der Waals surface area contributed by atoms with Crippen molar-refractivity contribution in [2.45, 2.75) is 18.6 Å². The quantitative estimate of drug-likeness (QED) is 0.664. The van der Waals surface area contributed by atoms with Crippen molar-refractivity contribution in [3.8, 4) is 0 Å². The van der Waals surface area contributed by atoms with Gasteiger partial charge in [-0.1, -0.05) is 15.9 Å². The van der Waals surface area contributed by atoms with Crippen LogP contribution in [0.15, 0.2) is 22.7 Å². The molecule has 5 heteroatoms. The molecular formula is C9H11BrIN3. The second-order valence-corrected chi connectivity index (χ2v) is 5.45. The normalized spacial score (nSPS) is 26.8. The predicted octanol–water partition coefficient (Wildman–Crippen LogP) is 1.88. The van der Waals surface area contributed by atoms with Gasteiger partial charge in [0.15, 0.2) is 0 Å². The number of hydrogen-bond acceptors (Lipinski definition) is 3. The molecule has 0 saturated carbocycles. The first-order valence-electron chi connectivity index (χ1n) is 4.38. The van der Waals surface area contributed by atoms with Crippen molar-refractivity contribution in [2.75, 3.05) is 0 Å². The van der Waals surface area contributed by atoms with Crippen LogP contribution in [0.5, 0.6) is 0 Å². The zero-order chi connectivity index (χ0) is 10.1. The summed E-state index contributed by atoms with van der Waals surface area (Å²) in [5.74, 6) is 0. The van der Waals surface area contributed by atoms with Gasteiger partial charge >= 0.3 is 0 Å². The summed E-state index contributed by atoms with van der Waals surface area (Å²) >= 11 is 5.86. The number of hydrogen-bond donors (Lipinski definition) is 3. The van der Waals surface area contributed by atoms with Crippen LogP contribution in [0.3, 0.4) is 0 Å². The summed E-state index contributed by atoms with van der Waals surface area (Å²) in [6.45, 7) is 0. The van der Waals surface area contributed by atoms with E-state index in [0.717, 1.165) is 10.9 Å². The third kappa shape index (κ3) is 2.27. The highest BCUT2D eigenvalue weighted by Gasteiger charge is 2.23. The standard InChI is InChI=1S/C9H11BrIN3/c10-7-2-1-5(11)3-6(7)8-4-9(12)14-13-8/h1-3,8-9,13-14H,4,12H2. The Balaban J connectivity index is 2.27. The van der Waals surface area contributed by atoms with Gasteiger partial charge in [-0.2, -0.15) is 0 Å². The maximum Gasteiger partial charge on any atom is 0.0698 e. The van der Waals surface area contributed by atoms with Gasteiger partial charge in [-0.3, -0.25) is 0 Å². The smallest absolute Gasteiger partial charge is 0.0698 e. The summed E-state index contributed by atoms with van der Waals surface area (Å²) in [6, 6.07) is 6.62. The first-order valence-corrected chi connectivity index (χ1v) is 6.25. The maximum absolute atomic E-state index is 5.76. The zero-order valence-corrected chi connectivity index (χ0v) is 11.2. The number of rotatable bonds is 1. The highest BCUT2D eigenvalue weighted by Crippen LogP contribution is 2.29. The fourth-order valence-corrected chi connectivity index (χ4v) is 2.60. The van der Waals surface area contributed by atoms with E-state index in [1.807, 2.05) is 0 Å². The molecule has 1 aliphatic rings. The van der Waals surface area contributed by atoms with Crippen molar-refractivity contribution in [2.24, 2.45) is 5.73 Å². The van der Waals surface area contributed by atoms with Crippen molar-refractivity contribution in [1.29, 1.82) is 0 Å². The molecule has 2 unspecified atom stereocenters. The molecule has 3 nitrogen and oxygen atoms in total. The van der Waals surface area contributed by atoms with Crippen LogP contribution in [0.2, 0.25) is 0 Å². The molecular weight excluding hydrogens is 357 g/mol. The molecule has 1 saturated heterocycles. The minimum Gasteiger partial charge on any atom is -0.315 e. The molecule has 14 heavy (non-hydrogen) atoms. The number of nitrogens with two attached hydrogens (primary N) is 1. The summed E-state index contributed by atoms with van der Waals surface area (Å²) in [5, 5.41) is 0. The third-order valence-corrected chi connectivity index (χ3v) is 3.66. The lowest BCUT2D eigenvalue weighted by Crippen LogP contribution is -2.36. The van der Waals surface area contributed by atoms with Crippen molar-refractivity contribution in [1.82, 2.24) is 10.9 Å². The molecule has 1 aliphatic heterocycles. The van der Waals surface area contributed by atoms with Gasteiger partial charge in [0, 0.05) is 8.04 Å². The van der Waals surface area contributed by atoms with Crippen LogP contribution >= 0.6 is 38.5 Å². The summed E-state index contributed by atoms with van der Waals surface area (Å²) in [4.78, 5) is 0. The predicted molar refractivity (Wildman–Crippen MR) is 68.5 cm³/mol. The fourth-order valence-electron chi connectivity index (χ4n) is 1.57. The van der Waals surface area contributed by atoms with Gasteiger partial charge < -0.3 is 5.73 Å². The number of halogens is 2. The molecule has 0 amide bonds. The monoisotopic (exact) mass is 367 g/mol. The van der Waals surface area contributed by atoms with Crippen LogP contribution in [0, 0.1) is 3.57 Å². The maximum atomic E-state index is 5.76. The van der Waals surface area contributed by atoms with E-state index >= 15 is 0 Å². The van der Waals surface area contributed by atoms with Gasteiger partial charge in [0.2, 0.25) is 0 Å². The molecule has 2 atom stereocenters. The van der Waals surface area contributed by atoms with E-state index in [-0.39, 0.29) is 6.17 Å². The Labute approximate surface area is 105 Å². The van der Waals surface area contributed by atoms with Crippen LogP contribution in [-0.2, 0) is 0 Å². The molecule has 4 N–H and O–H groups in total. The Hall–Kier alpha value is 0.310. The Kier molecular flexibility index (Phi) is 3.43. The van der Waals surface area contributed by atoms with E-state index in [2.05, 4.69) is 67.6 Å². The van der Waals surface area contributed by atoms with Crippen molar-refractivity contribution >= 4 is 38.5 Å². The third-order valence-electron chi connectivity index (χ3n) is 2.27. The molecule has 0 spiro atoms. The molecule has 0 aromatic heterocycles. The molecule has 1 fully saturated rings. The van der Waals surface area contributed by atoms with Crippen molar-refractivity contribution < 1.29 is 0 Å². The lowest BCUT2D eigenvalue weighted by atomic mass is 10.1. The number of nitrogens with one attached hydrogen (secondary N) is 2. The summed E-state index contributed by atoms with van der Waals surface area (Å²) in [6.07, 6.45) is 0.961. The largest absolute Gasteiger partial charge is 0.315 e. The Morgan fingerprint density at radius 3 is 2.86 bits per heavy atom. The van der Waals surface area contributed by atoms with E-state index in [9.17, 15) is 0 Å². The SMILES string of the molecule is NC1CC(c2cc(I)ccc2Br)NN1. The topological polar surface area (TPSA) is 50.1 Å². The average Bonchev–Trinajstić information content (AvgIpc) is 2.56. The highest BCUT2D eigenvalue weighted by molar-refractivity contribution is 14.1. The highest BCUT2D eigenvalue weighted by atomic mass is 127. The first kappa shape index (κ1) is 10.8. The van der Waals surface area contributed by atoms with Gasteiger partial charge in [-0.25, -0.2) is 10.9 Å². The van der Waals surface area contributed by atoms with E-state index in [0.29, 0.717) is 6.04 Å². The van der Waals surface area contributed by atoms with Crippen LogP contribution in [0.1, 0.15) is 18.0 Å². The van der Waals surface area contributed by atoms with Gasteiger partial charge in [-0.05, 0) is 52.8 Å². The van der Waals surface area contributed by atoms with Gasteiger partial charge in [-0.15, -0.1) is 0 Å². The molecule has 1 heterocycles. The van der Waals surface area contributed by atoms with E-state index in [1.165, 1.54) is 9.13 Å². The summed E-state index contributed by atoms with van der Waals surface area (Å²) < 4.78 is 2.37. The van der Waals surface area contributed by atoms with E-state index in [4.69, 9.17) is 5.73 Å². The summed E-state index contributed by atoms with van der Waals surface area (Å²) in [5.41, 5.74) is 13.2. The molecule has 0 aliphatic carbocycles. The first-order chi connectivity index (χ1) is 6.66. The molecule has 0 bridgehead atoms. The van der Waals surface area contributed by atoms with E-state index < -0.39 is 0 Å². The minimum absolute atomic E-state index is 0.0461. The number of hydrazine groups is 1. The van der Waals surface area contributed by atoms with Crippen LogP contribution in [-0.4, -0.2) is 6.17 Å². The lowest BCUT2D eigenvalue weighted by Gasteiger charge is -2.12. The van der Waals surface area contributed by atoms with Crippen LogP contribution < -0.4 is 16.6 Å². The van der Waals surface area contributed by atoms with Crippen molar-refractivity contribution in [3.05, 3.63) is 31.8 Å². The lowest BCUT2D eigenvalue weighted by molar-refractivity contribution is 0.551. The minimum atomic E-state index is 0.0461. The Bertz CT molecular complexity index is 345. The zero-order valence-electron chi connectivity index (χ0n) is 7.43. The van der Waals surface area contributed by atoms with E-state index in [1.54, 1.807) is 0 Å². The number of benzene rings is 1. The van der Waals surface area contributed by atoms with Crippen LogP contribution in [0.4, 0.5) is 0 Å². The Morgan fingerprint density at radius 2 is 2.21 bits per heavy atom. The second-order valence-electron chi connectivity index (χ2n) is 3.35. The van der Waals surface area contributed by atoms with Gasteiger partial charge in [0.25, 0.3) is 0 Å². The van der Waals surface area contributed by atoms with Gasteiger partial charge in [0.05, 0.1) is 12.2 Å². The summed E-state index contributed by atoms with van der Waals surface area (Å²) in [7, 11) is 0. The molecule has 1 aromatic rings. The van der Waals surface area contributed by atoms with Gasteiger partial charge in [0.1, 0.15) is 0 Å². The second kappa shape index (κ2) is 4.44. The molecule has 1 aromatic carbocycles. The fraction of sp³-hybridized carbons (Fsp3) is 0.333. The van der Waals surface area contributed by atoms with Crippen molar-refractivity contribution in [3.63, 3.8) is 0 Å². The Morgan fingerprint density at radius 1 is 1.43 bits per heavy atom. The average molecular weight is 368 g/mol.